The van der Waals surface area contributed by atoms with Crippen molar-refractivity contribution >= 4 is 5.97 Å². The quantitative estimate of drug-likeness (QED) is 0.152. The van der Waals surface area contributed by atoms with E-state index in [9.17, 15) is 75.0 Å². The highest BCUT2D eigenvalue weighted by Crippen LogP contribution is 2.58. The standard InChI is InChI=1S/C15H14F16O2/c1-2-3-4-5-6-7(16)9(17,18)15(30,31)33-8(32)10(19,20)11(21,22)12(23,24)13(25,26)14(27,28)29/h7H,2-6H2,1H3. The summed E-state index contributed by atoms with van der Waals surface area (Å²) in [6.07, 6.45) is -19.4. The lowest BCUT2D eigenvalue weighted by molar-refractivity contribution is -0.422. The van der Waals surface area contributed by atoms with Crippen LogP contribution in [0.5, 0.6) is 0 Å². The third kappa shape index (κ3) is 5.54. The summed E-state index contributed by atoms with van der Waals surface area (Å²) in [5, 5.41) is 0. The maximum atomic E-state index is 13.5. The summed E-state index contributed by atoms with van der Waals surface area (Å²) in [4.78, 5) is 10.9. The normalized spacial score (nSPS) is 16.0. The number of esters is 1. The van der Waals surface area contributed by atoms with Crippen LogP contribution in [-0.4, -0.2) is 54.0 Å². The van der Waals surface area contributed by atoms with E-state index in [1.165, 1.54) is 0 Å². The zero-order chi connectivity index (χ0) is 26.9. The molecular weight excluding hydrogens is 516 g/mol. The van der Waals surface area contributed by atoms with E-state index in [0.717, 1.165) is 0 Å². The van der Waals surface area contributed by atoms with Crippen LogP contribution in [0.15, 0.2) is 0 Å². The van der Waals surface area contributed by atoms with Gasteiger partial charge in [-0.2, -0.15) is 65.9 Å². The fraction of sp³-hybridized carbons (Fsp3) is 0.933. The van der Waals surface area contributed by atoms with Crippen molar-refractivity contribution in [1.29, 1.82) is 0 Å². The maximum Gasteiger partial charge on any atom is 0.469 e. The summed E-state index contributed by atoms with van der Waals surface area (Å²) in [5.41, 5.74) is 0. The predicted octanol–water partition coefficient (Wildman–Crippen LogP) is 7.17. The van der Waals surface area contributed by atoms with Crippen LogP contribution in [-0.2, 0) is 9.53 Å². The van der Waals surface area contributed by atoms with Crippen LogP contribution in [0.25, 0.3) is 0 Å². The van der Waals surface area contributed by atoms with Crippen LogP contribution in [0.4, 0.5) is 70.2 Å². The van der Waals surface area contributed by atoms with Gasteiger partial charge in [0.05, 0.1) is 0 Å². The third-order valence-corrected chi connectivity index (χ3v) is 4.11. The van der Waals surface area contributed by atoms with Crippen molar-refractivity contribution in [3.05, 3.63) is 0 Å². The van der Waals surface area contributed by atoms with E-state index in [2.05, 4.69) is 0 Å². The molecule has 1 unspecified atom stereocenters. The van der Waals surface area contributed by atoms with Gasteiger partial charge in [0.15, 0.2) is 6.17 Å². The molecule has 0 aromatic heterocycles. The lowest BCUT2D eigenvalue weighted by Gasteiger charge is -2.37. The van der Waals surface area contributed by atoms with E-state index in [-0.39, 0.29) is 6.42 Å². The molecule has 0 rings (SSSR count). The molecule has 18 heteroatoms. The number of hydrogen-bond donors (Lipinski definition) is 0. The van der Waals surface area contributed by atoms with Gasteiger partial charge < -0.3 is 4.74 Å². The second kappa shape index (κ2) is 9.54. The van der Waals surface area contributed by atoms with Crippen LogP contribution >= 0.6 is 0 Å². The van der Waals surface area contributed by atoms with E-state index in [1.807, 2.05) is 4.74 Å². The average Bonchev–Trinajstić information content (AvgIpc) is 2.62. The molecule has 0 N–H and O–H groups in total. The van der Waals surface area contributed by atoms with Gasteiger partial charge in [0.1, 0.15) is 0 Å². The Kier molecular flexibility index (Phi) is 9.06. The molecule has 0 aliphatic carbocycles. The number of carbonyl (C=O) groups is 1. The summed E-state index contributed by atoms with van der Waals surface area (Å²) < 4.78 is 210. The van der Waals surface area contributed by atoms with Crippen molar-refractivity contribution in [2.45, 2.75) is 87.1 Å². The molecular formula is C15H14F16O2. The van der Waals surface area contributed by atoms with Crippen molar-refractivity contribution in [1.82, 2.24) is 0 Å². The summed E-state index contributed by atoms with van der Waals surface area (Å²) in [6.45, 7) is 1.60. The first-order valence-electron chi connectivity index (χ1n) is 8.57. The number of alkyl halides is 16. The zero-order valence-corrected chi connectivity index (χ0v) is 16.0. The average molecular weight is 530 g/mol. The largest absolute Gasteiger partial charge is 0.469 e. The summed E-state index contributed by atoms with van der Waals surface area (Å²) in [6, 6.07) is 0. The molecule has 2 nitrogen and oxygen atoms in total. The molecule has 0 aliphatic heterocycles. The Labute approximate surface area is 174 Å². The Bertz CT molecular complexity index is 669. The summed E-state index contributed by atoms with van der Waals surface area (Å²) >= 11 is 0. The molecule has 0 fully saturated rings. The first kappa shape index (κ1) is 31.4. The Morgan fingerprint density at radius 1 is 0.697 bits per heavy atom. The van der Waals surface area contributed by atoms with Crippen LogP contribution < -0.4 is 0 Å². The van der Waals surface area contributed by atoms with Gasteiger partial charge in [0.25, 0.3) is 0 Å². The van der Waals surface area contributed by atoms with Gasteiger partial charge in [-0.05, 0) is 6.42 Å². The number of unbranched alkanes of at least 4 members (excludes halogenated alkanes) is 3. The van der Waals surface area contributed by atoms with E-state index in [4.69, 9.17) is 0 Å². The van der Waals surface area contributed by atoms with Crippen molar-refractivity contribution in [3.63, 3.8) is 0 Å². The van der Waals surface area contributed by atoms with Gasteiger partial charge >= 0.3 is 47.9 Å². The lowest BCUT2D eigenvalue weighted by Crippen LogP contribution is -2.68. The Balaban J connectivity index is 5.89. The highest BCUT2D eigenvalue weighted by molar-refractivity contribution is 5.79. The fourth-order valence-electron chi connectivity index (χ4n) is 2.06. The summed E-state index contributed by atoms with van der Waals surface area (Å²) in [5.74, 6) is -42.8. The van der Waals surface area contributed by atoms with Crippen LogP contribution in [0, 0.1) is 0 Å². The molecule has 0 saturated carbocycles. The molecule has 0 saturated heterocycles. The van der Waals surface area contributed by atoms with Crippen molar-refractivity contribution in [3.8, 4) is 0 Å². The number of hydrogen-bond acceptors (Lipinski definition) is 2. The van der Waals surface area contributed by atoms with Crippen LogP contribution in [0.2, 0.25) is 0 Å². The maximum absolute atomic E-state index is 13.5. The Hall–Kier alpha value is -1.65. The highest BCUT2D eigenvalue weighted by atomic mass is 19.4. The Morgan fingerprint density at radius 2 is 1.15 bits per heavy atom. The number of ether oxygens (including phenoxy) is 1. The van der Waals surface area contributed by atoms with Gasteiger partial charge in [0.2, 0.25) is 0 Å². The SMILES string of the molecule is CCCCCCC(F)C(F)(F)C(F)(F)OC(=O)C(F)(F)C(F)(F)C(F)(F)C(F)(F)C(F)(F)F. The minimum atomic E-state index is -8.17. The third-order valence-electron chi connectivity index (χ3n) is 4.11. The van der Waals surface area contributed by atoms with E-state index in [0.29, 0.717) is 12.8 Å². The molecule has 0 aliphatic rings. The molecule has 0 aromatic carbocycles. The van der Waals surface area contributed by atoms with E-state index < -0.39 is 66.9 Å². The predicted molar refractivity (Wildman–Crippen MR) is 75.5 cm³/mol. The van der Waals surface area contributed by atoms with E-state index >= 15 is 0 Å². The van der Waals surface area contributed by atoms with Crippen molar-refractivity contribution < 1.29 is 79.8 Å². The van der Waals surface area contributed by atoms with Gasteiger partial charge in [0, 0.05) is 0 Å². The van der Waals surface area contributed by atoms with Gasteiger partial charge in [-0.15, -0.1) is 0 Å². The molecule has 0 amide bonds. The smallest absolute Gasteiger partial charge is 0.391 e. The second-order valence-electron chi connectivity index (χ2n) is 6.64. The van der Waals surface area contributed by atoms with Crippen LogP contribution in [0.1, 0.15) is 39.0 Å². The molecule has 0 bridgehead atoms. The lowest BCUT2D eigenvalue weighted by atomic mass is 9.98. The first-order valence-corrected chi connectivity index (χ1v) is 8.57. The van der Waals surface area contributed by atoms with Crippen molar-refractivity contribution in [2.75, 3.05) is 0 Å². The minimum Gasteiger partial charge on any atom is -0.391 e. The first-order chi connectivity index (χ1) is 14.4. The Morgan fingerprint density at radius 3 is 1.55 bits per heavy atom. The van der Waals surface area contributed by atoms with Crippen molar-refractivity contribution in [2.24, 2.45) is 0 Å². The molecule has 198 valence electrons. The highest BCUT2D eigenvalue weighted by Gasteiger charge is 2.89. The molecule has 1 atom stereocenters. The van der Waals surface area contributed by atoms with Gasteiger partial charge in [-0.1, -0.05) is 32.6 Å². The number of carbonyl (C=O) groups excluding carboxylic acids is 1. The zero-order valence-electron chi connectivity index (χ0n) is 16.0. The summed E-state index contributed by atoms with van der Waals surface area (Å²) in [7, 11) is 0. The molecule has 0 aromatic rings. The number of halogens is 16. The number of rotatable bonds is 12. The van der Waals surface area contributed by atoms with Gasteiger partial charge in [-0.3, -0.25) is 0 Å². The topological polar surface area (TPSA) is 26.3 Å². The molecule has 0 heterocycles. The van der Waals surface area contributed by atoms with Gasteiger partial charge in [-0.25, -0.2) is 9.18 Å². The molecule has 0 radical (unpaired) electrons. The second-order valence-corrected chi connectivity index (χ2v) is 6.64. The van der Waals surface area contributed by atoms with E-state index in [1.54, 1.807) is 6.92 Å². The minimum absolute atomic E-state index is 0.00511. The molecule has 33 heavy (non-hydrogen) atoms. The molecule has 0 spiro atoms. The fourth-order valence-corrected chi connectivity index (χ4v) is 2.06. The van der Waals surface area contributed by atoms with Crippen LogP contribution in [0.3, 0.4) is 0 Å². The monoisotopic (exact) mass is 530 g/mol.